The number of allylic oxidation sites excluding steroid dienone is 2. The molecule has 0 bridgehead atoms. The summed E-state index contributed by atoms with van der Waals surface area (Å²) in [6.45, 7) is 16.1. The van der Waals surface area contributed by atoms with Crippen LogP contribution in [-0.2, 0) is 0 Å². The Morgan fingerprint density at radius 2 is 1.56 bits per heavy atom. The van der Waals surface area contributed by atoms with Crippen molar-refractivity contribution in [3.05, 3.63) is 161 Å². The minimum atomic E-state index is 0.489. The zero-order chi connectivity index (χ0) is 30.2. The van der Waals surface area contributed by atoms with Crippen LogP contribution in [0.1, 0.15) is 55.4 Å². The monoisotopic (exact) mass is 559 g/mol. The lowest BCUT2D eigenvalue weighted by molar-refractivity contribution is 0.739. The summed E-state index contributed by atoms with van der Waals surface area (Å²) in [6.07, 6.45) is 9.90. The summed E-state index contributed by atoms with van der Waals surface area (Å²) in [5, 5.41) is 8.22. The number of fused-ring (bicyclic) bond motifs is 1. The van der Waals surface area contributed by atoms with E-state index in [9.17, 15) is 0 Å². The standard InChI is InChI=1S/C42H41N/c1-6-30(2)42-29-36(32(4)39-22-11-13-24-41(39)42)26-25-31(3)38-21-10-12-23-40(38)37-20-14-16-34(28-37)17-15-27-43-33(5)35-18-8-7-9-19-35/h7-26,28-30,43H,4-6,27H2,1-3H3/b17-15+,31-25+,36-26-. The molecule has 0 aromatic heterocycles. The normalized spacial score (nSPS) is 13.0. The van der Waals surface area contributed by atoms with Gasteiger partial charge in [-0.3, -0.25) is 0 Å². The van der Waals surface area contributed by atoms with E-state index in [0.29, 0.717) is 12.5 Å². The molecular weight excluding hydrogens is 518 g/mol. The van der Waals surface area contributed by atoms with Crippen LogP contribution in [0.15, 0.2) is 128 Å². The summed E-state index contributed by atoms with van der Waals surface area (Å²) in [7, 11) is 0. The number of benzene rings is 5. The molecule has 214 valence electrons. The molecule has 0 aliphatic heterocycles. The van der Waals surface area contributed by atoms with E-state index in [1.165, 1.54) is 49.4 Å². The molecule has 1 N–H and O–H groups in total. The highest BCUT2D eigenvalue weighted by Crippen LogP contribution is 2.30. The maximum absolute atomic E-state index is 4.48. The van der Waals surface area contributed by atoms with E-state index in [-0.39, 0.29) is 0 Å². The van der Waals surface area contributed by atoms with Gasteiger partial charge in [0, 0.05) is 12.2 Å². The lowest BCUT2D eigenvalue weighted by atomic mass is 9.91. The molecule has 0 saturated heterocycles. The first-order chi connectivity index (χ1) is 21.0. The summed E-state index contributed by atoms with van der Waals surface area (Å²) in [5.41, 5.74) is 9.48. The zero-order valence-corrected chi connectivity index (χ0v) is 25.6. The minimum absolute atomic E-state index is 0.489. The fraction of sp³-hybridized carbons (Fsp3) is 0.143. The van der Waals surface area contributed by atoms with Crippen LogP contribution < -0.4 is 15.8 Å². The Bertz CT molecular complexity index is 1910. The molecule has 0 saturated carbocycles. The van der Waals surface area contributed by atoms with Crippen LogP contribution in [-0.4, -0.2) is 6.54 Å². The van der Waals surface area contributed by atoms with Gasteiger partial charge in [-0.15, -0.1) is 0 Å². The lowest BCUT2D eigenvalue weighted by Crippen LogP contribution is -2.25. The molecule has 1 atom stereocenters. The molecule has 5 aromatic carbocycles. The summed E-state index contributed by atoms with van der Waals surface area (Å²) in [4.78, 5) is 0. The highest BCUT2D eigenvalue weighted by Gasteiger charge is 2.10. The molecule has 1 heteroatoms. The van der Waals surface area contributed by atoms with E-state index >= 15 is 0 Å². The van der Waals surface area contributed by atoms with Crippen LogP contribution in [0, 0.1) is 0 Å². The summed E-state index contributed by atoms with van der Waals surface area (Å²) in [6, 6.07) is 38.6. The predicted octanol–water partition coefficient (Wildman–Crippen LogP) is 9.59. The van der Waals surface area contributed by atoms with Crippen molar-refractivity contribution < 1.29 is 0 Å². The van der Waals surface area contributed by atoms with Gasteiger partial charge in [0.05, 0.1) is 0 Å². The fourth-order valence-corrected chi connectivity index (χ4v) is 5.57. The third-order valence-corrected chi connectivity index (χ3v) is 8.29. The van der Waals surface area contributed by atoms with Crippen LogP contribution in [0.4, 0.5) is 0 Å². The van der Waals surface area contributed by atoms with Crippen LogP contribution in [0.2, 0.25) is 0 Å². The number of nitrogens with one attached hydrogen (secondary N) is 1. The number of rotatable bonds is 10. The highest BCUT2D eigenvalue weighted by atomic mass is 14.9. The first kappa shape index (κ1) is 29.6. The third kappa shape index (κ3) is 6.96. The highest BCUT2D eigenvalue weighted by molar-refractivity contribution is 5.88. The maximum Gasteiger partial charge on any atom is 0.0343 e. The molecule has 5 rings (SSSR count). The molecule has 1 nitrogen and oxygen atoms in total. The molecule has 5 aromatic rings. The average Bonchev–Trinajstić information content (AvgIpc) is 3.06. The van der Waals surface area contributed by atoms with Gasteiger partial charge in [0.15, 0.2) is 0 Å². The fourth-order valence-electron chi connectivity index (χ4n) is 5.57. The largest absolute Gasteiger partial charge is 0.382 e. The molecule has 0 spiro atoms. The molecule has 1 unspecified atom stereocenters. The molecule has 0 amide bonds. The molecule has 0 aliphatic carbocycles. The maximum atomic E-state index is 4.48. The van der Waals surface area contributed by atoms with Gasteiger partial charge in [0.25, 0.3) is 0 Å². The van der Waals surface area contributed by atoms with E-state index in [1.807, 2.05) is 18.2 Å². The van der Waals surface area contributed by atoms with Crippen molar-refractivity contribution in [3.8, 4) is 11.1 Å². The topological polar surface area (TPSA) is 12.0 Å². The van der Waals surface area contributed by atoms with Crippen LogP contribution in [0.5, 0.6) is 0 Å². The van der Waals surface area contributed by atoms with Gasteiger partial charge in [-0.25, -0.2) is 0 Å². The van der Waals surface area contributed by atoms with Gasteiger partial charge in [-0.1, -0.05) is 154 Å². The molecular formula is C42H41N. The number of hydrogen-bond acceptors (Lipinski definition) is 1. The second kappa shape index (κ2) is 13.9. The SMILES string of the molecule is C=C(NC/C=C/c1cccc(-c2ccccc2/C(C)=C/C=c2/cc(C(C)CC)c3ccccc3c2=C)c1)c1ccccc1. The Hall–Kier alpha value is -4.88. The molecule has 43 heavy (non-hydrogen) atoms. The third-order valence-electron chi connectivity index (χ3n) is 8.29. The average molecular weight is 560 g/mol. The lowest BCUT2D eigenvalue weighted by Gasteiger charge is -2.14. The van der Waals surface area contributed by atoms with E-state index < -0.39 is 0 Å². The van der Waals surface area contributed by atoms with Gasteiger partial charge in [0.1, 0.15) is 0 Å². The summed E-state index contributed by atoms with van der Waals surface area (Å²) < 4.78 is 0. The van der Waals surface area contributed by atoms with Crippen LogP contribution in [0.3, 0.4) is 0 Å². The van der Waals surface area contributed by atoms with Crippen molar-refractivity contribution in [1.29, 1.82) is 0 Å². The summed E-state index contributed by atoms with van der Waals surface area (Å²) >= 11 is 0. The second-order valence-electron chi connectivity index (χ2n) is 11.2. The van der Waals surface area contributed by atoms with Crippen molar-refractivity contribution in [2.45, 2.75) is 33.1 Å². The Labute approximate surface area is 256 Å². The molecule has 0 heterocycles. The molecule has 0 radical (unpaired) electrons. The van der Waals surface area contributed by atoms with Gasteiger partial charge < -0.3 is 5.32 Å². The first-order valence-electron chi connectivity index (χ1n) is 15.2. The number of hydrogen-bond donors (Lipinski definition) is 1. The Kier molecular flexibility index (Phi) is 9.54. The van der Waals surface area contributed by atoms with Crippen LogP contribution >= 0.6 is 0 Å². The van der Waals surface area contributed by atoms with Crippen molar-refractivity contribution in [2.24, 2.45) is 0 Å². The quantitative estimate of drug-likeness (QED) is 0.180. The van der Waals surface area contributed by atoms with Gasteiger partial charge in [-0.2, -0.15) is 0 Å². The van der Waals surface area contributed by atoms with Crippen molar-refractivity contribution in [2.75, 3.05) is 6.54 Å². The van der Waals surface area contributed by atoms with Gasteiger partial charge in [-0.05, 0) is 85.5 Å². The van der Waals surface area contributed by atoms with Gasteiger partial charge >= 0.3 is 0 Å². The van der Waals surface area contributed by atoms with Gasteiger partial charge in [0.2, 0.25) is 0 Å². The van der Waals surface area contributed by atoms with Crippen molar-refractivity contribution in [3.63, 3.8) is 0 Å². The Balaban J connectivity index is 1.41. The smallest absolute Gasteiger partial charge is 0.0343 e. The van der Waals surface area contributed by atoms with Crippen LogP contribution in [0.25, 0.3) is 51.9 Å². The predicted molar refractivity (Wildman–Crippen MR) is 190 cm³/mol. The zero-order valence-electron chi connectivity index (χ0n) is 25.6. The van der Waals surface area contributed by atoms with E-state index in [0.717, 1.165) is 22.9 Å². The summed E-state index contributed by atoms with van der Waals surface area (Å²) in [5.74, 6) is 0.489. The second-order valence-corrected chi connectivity index (χ2v) is 11.2. The van der Waals surface area contributed by atoms with Crippen molar-refractivity contribution >= 4 is 40.8 Å². The minimum Gasteiger partial charge on any atom is -0.382 e. The molecule has 0 fully saturated rings. The van der Waals surface area contributed by atoms with Crippen molar-refractivity contribution in [1.82, 2.24) is 5.32 Å². The van der Waals surface area contributed by atoms with E-state index in [1.54, 1.807) is 0 Å². The van der Waals surface area contributed by atoms with E-state index in [4.69, 9.17) is 0 Å². The Morgan fingerprint density at radius 1 is 0.837 bits per heavy atom. The Morgan fingerprint density at radius 3 is 2.35 bits per heavy atom. The van der Waals surface area contributed by atoms with E-state index in [2.05, 4.69) is 155 Å². The molecule has 0 aliphatic rings. The first-order valence-corrected chi connectivity index (χ1v) is 15.2.